The molecule has 0 unspecified atom stereocenters. The van der Waals surface area contributed by atoms with E-state index in [1.54, 1.807) is 81.4 Å². The van der Waals surface area contributed by atoms with Gasteiger partial charge in [-0.3, -0.25) is 47.9 Å². The number of amides is 10. The highest BCUT2D eigenvalue weighted by Crippen LogP contribution is 2.26. The van der Waals surface area contributed by atoms with Gasteiger partial charge in [0.25, 0.3) is 0 Å². The zero-order valence-corrected chi connectivity index (χ0v) is 54.3. The molecule has 0 radical (unpaired) electrons. The SMILES string of the molecule is CCC[C@H]1C(=O)N[C@@H](Cc2ccc(F)cc2)C(=O)N(C)[C@@H](C(C)C)C(=O)N[C@@H](Cc2ccc(Cl)cc2)C(=O)N(C)[C@@H](Cc2ccccc2)C(=O)N2CCC[C@@H]2C(=O)N[C@@H](CCOC)C(=O)N(C)[C@@H](C)C(=O)N[C@@H](/C=C2/CNCS2)C(=O)N(C)[C@H](C)C(=O)N1C. The van der Waals surface area contributed by atoms with Crippen molar-refractivity contribution in [1.82, 2.24) is 56.0 Å². The largest absolute Gasteiger partial charge is 0.385 e. The van der Waals surface area contributed by atoms with E-state index in [-0.39, 0.29) is 51.7 Å². The number of carbonyl (C=O) groups is 10. The molecular weight excluding hydrogens is 1190 g/mol. The Hall–Kier alpha value is -7.41. The number of rotatable bonds is 13. The van der Waals surface area contributed by atoms with Gasteiger partial charge in [-0.25, -0.2) is 4.39 Å². The molecule has 0 aromatic heterocycles. The summed E-state index contributed by atoms with van der Waals surface area (Å²) in [6.45, 7) is 8.67. The third kappa shape index (κ3) is 18.4. The number of likely N-dealkylation sites (N-methyl/N-ethyl adjacent to an activating group) is 5. The van der Waals surface area contributed by atoms with E-state index in [1.807, 2.05) is 0 Å². The molecule has 0 spiro atoms. The fourth-order valence-corrected chi connectivity index (χ4v) is 12.3. The maximum absolute atomic E-state index is 15.4. The third-order valence-corrected chi connectivity index (χ3v) is 18.1. The molecule has 0 bridgehead atoms. The minimum absolute atomic E-state index is 0.0128. The minimum atomic E-state index is -1.41. The van der Waals surface area contributed by atoms with Crippen LogP contribution < -0.4 is 26.6 Å². The van der Waals surface area contributed by atoms with Crippen molar-refractivity contribution in [3.63, 3.8) is 0 Å². The summed E-state index contributed by atoms with van der Waals surface area (Å²) in [6.07, 6.45) is 2.32. The van der Waals surface area contributed by atoms with Crippen LogP contribution in [-0.4, -0.2) is 217 Å². The van der Waals surface area contributed by atoms with Crippen LogP contribution in [-0.2, 0) is 71.9 Å². The second kappa shape index (κ2) is 32.9. The normalized spacial score (nSPS) is 26.4. The molecule has 10 atom stereocenters. The predicted molar refractivity (Wildman–Crippen MR) is 337 cm³/mol. The first-order valence-electron chi connectivity index (χ1n) is 30.2. The van der Waals surface area contributed by atoms with Crippen LogP contribution in [0.15, 0.2) is 89.8 Å². The molecule has 10 amide bonds. The summed E-state index contributed by atoms with van der Waals surface area (Å²) in [5.74, 6) is -7.56. The average molecular weight is 1270 g/mol. The number of nitrogens with one attached hydrogen (secondary N) is 5. The fourth-order valence-electron chi connectivity index (χ4n) is 11.3. The Balaban J connectivity index is 1.47. The van der Waals surface area contributed by atoms with E-state index < -0.39 is 131 Å². The Labute approximate surface area is 530 Å². The molecule has 3 heterocycles. The molecule has 0 aliphatic carbocycles. The second-order valence-electron chi connectivity index (χ2n) is 23.4. The van der Waals surface area contributed by atoms with Gasteiger partial charge in [0.05, 0.1) is 0 Å². The first-order valence-corrected chi connectivity index (χ1v) is 31.6. The van der Waals surface area contributed by atoms with Gasteiger partial charge in [0.15, 0.2) is 0 Å². The molecule has 6 rings (SSSR count). The highest BCUT2D eigenvalue weighted by molar-refractivity contribution is 8.03. The van der Waals surface area contributed by atoms with Crippen LogP contribution in [0.4, 0.5) is 4.39 Å². The predicted octanol–water partition coefficient (Wildman–Crippen LogP) is 3.30. The highest BCUT2D eigenvalue weighted by atomic mass is 35.5. The lowest BCUT2D eigenvalue weighted by Gasteiger charge is -2.37. The van der Waals surface area contributed by atoms with E-state index in [4.69, 9.17) is 16.3 Å². The van der Waals surface area contributed by atoms with Crippen LogP contribution in [0.5, 0.6) is 0 Å². The molecule has 0 saturated carbocycles. The van der Waals surface area contributed by atoms with E-state index in [9.17, 15) is 33.2 Å². The summed E-state index contributed by atoms with van der Waals surface area (Å²) in [7, 11) is 8.45. The van der Waals surface area contributed by atoms with E-state index in [0.717, 1.165) is 14.7 Å². The Morgan fingerprint density at radius 2 is 1.16 bits per heavy atom. The van der Waals surface area contributed by atoms with Crippen molar-refractivity contribution < 1.29 is 57.1 Å². The fraction of sp³-hybridized carbons (Fsp3) is 0.531. The summed E-state index contributed by atoms with van der Waals surface area (Å²) >= 11 is 7.72. The van der Waals surface area contributed by atoms with E-state index >= 15 is 19.2 Å². The van der Waals surface area contributed by atoms with Crippen LogP contribution in [0.1, 0.15) is 83.4 Å². The number of methoxy groups -OCH3 is 1. The van der Waals surface area contributed by atoms with E-state index in [1.165, 1.54) is 112 Å². The van der Waals surface area contributed by atoms with Crippen molar-refractivity contribution in [2.24, 2.45) is 5.92 Å². The Kier molecular flexibility index (Phi) is 26.1. The van der Waals surface area contributed by atoms with Gasteiger partial charge in [0.1, 0.15) is 66.2 Å². The lowest BCUT2D eigenvalue weighted by Crippen LogP contribution is -2.62. The van der Waals surface area contributed by atoms with Gasteiger partial charge in [-0.15, -0.1) is 11.8 Å². The first-order chi connectivity index (χ1) is 42.3. The number of nitrogens with zero attached hydrogens (tertiary/aromatic N) is 6. The third-order valence-electron chi connectivity index (χ3n) is 16.9. The van der Waals surface area contributed by atoms with Gasteiger partial charge < -0.3 is 60.7 Å². The molecule has 3 aliphatic heterocycles. The molecule has 22 nitrogen and oxygen atoms in total. The van der Waals surface area contributed by atoms with E-state index in [2.05, 4.69) is 26.6 Å². The quantitative estimate of drug-likeness (QED) is 0.165. The van der Waals surface area contributed by atoms with Crippen molar-refractivity contribution in [1.29, 1.82) is 0 Å². The van der Waals surface area contributed by atoms with Crippen LogP contribution in [0.3, 0.4) is 0 Å². The summed E-state index contributed by atoms with van der Waals surface area (Å²) < 4.78 is 19.7. The molecule has 25 heteroatoms. The number of hydrogen-bond donors (Lipinski definition) is 5. The number of ether oxygens (including phenoxy) is 1. The lowest BCUT2D eigenvalue weighted by molar-refractivity contribution is -0.150. The van der Waals surface area contributed by atoms with Crippen molar-refractivity contribution >= 4 is 82.4 Å². The number of halogens is 2. The highest BCUT2D eigenvalue weighted by Gasteiger charge is 2.44. The van der Waals surface area contributed by atoms with Crippen LogP contribution in [0.2, 0.25) is 5.02 Å². The van der Waals surface area contributed by atoms with Crippen molar-refractivity contribution in [3.05, 3.63) is 117 Å². The molecule has 3 aliphatic rings. The molecular formula is C64H87ClFN11O11S. The zero-order valence-electron chi connectivity index (χ0n) is 52.8. The Morgan fingerprint density at radius 1 is 0.607 bits per heavy atom. The van der Waals surface area contributed by atoms with Crippen LogP contribution in [0, 0.1) is 11.7 Å². The van der Waals surface area contributed by atoms with Crippen molar-refractivity contribution in [3.8, 4) is 0 Å². The second-order valence-corrected chi connectivity index (χ2v) is 25.0. The van der Waals surface area contributed by atoms with Crippen LogP contribution in [0.25, 0.3) is 0 Å². The molecule has 89 heavy (non-hydrogen) atoms. The zero-order chi connectivity index (χ0) is 65.4. The summed E-state index contributed by atoms with van der Waals surface area (Å²) in [6, 6.07) is 8.18. The number of hydrogen-bond acceptors (Lipinski definition) is 13. The van der Waals surface area contributed by atoms with Gasteiger partial charge in [0, 0.05) is 92.2 Å². The average Bonchev–Trinajstić information content (AvgIpc) is 2.02. The standard InChI is InChI=1S/C64H87ClFN11O11S/c1-12-17-51-56(79)70-49(33-43-23-27-45(66)28-24-43)63(86)76(10)54(38(2)3)58(81)71-48(32-42-21-25-44(65)26-22-42)62(85)75(9)53(34-41-18-14-13-15-19-41)64(87)77-30-16-20-52(77)57(80)68-47(29-31-88-11)60(83)72(6)39(4)55(78)69-50(35-46-36-67-37-89-46)61(84)73(7)40(5)59(82)74(51)8/h13-15,18-19,21-28,35,38-40,47-54,67H,12,16-17,20,29-34,36-37H2,1-11H3,(H,68,80)(H,69,78)(H,70,79)(H,71,81)/b46-35-/t39-,40+,47-,48-,49-,50-,51-,52+,53-,54-/m0/s1. The number of benzene rings is 3. The van der Waals surface area contributed by atoms with Crippen molar-refractivity contribution in [2.45, 2.75) is 146 Å². The van der Waals surface area contributed by atoms with Crippen molar-refractivity contribution in [2.75, 3.05) is 67.9 Å². The van der Waals surface area contributed by atoms with Gasteiger partial charge in [0.2, 0.25) is 59.1 Å². The van der Waals surface area contributed by atoms with Crippen LogP contribution >= 0.6 is 23.4 Å². The number of thioether (sulfide) groups is 1. The minimum Gasteiger partial charge on any atom is -0.385 e. The lowest BCUT2D eigenvalue weighted by atomic mass is 9.97. The molecule has 3 aromatic carbocycles. The topological polar surface area (TPSA) is 260 Å². The van der Waals surface area contributed by atoms with E-state index in [0.29, 0.717) is 47.0 Å². The van der Waals surface area contributed by atoms with Gasteiger partial charge in [-0.1, -0.05) is 93.4 Å². The summed E-state index contributed by atoms with van der Waals surface area (Å²) in [5.41, 5.74) is 1.71. The summed E-state index contributed by atoms with van der Waals surface area (Å²) in [5, 5.41) is 15.0. The molecule has 5 N–H and O–H groups in total. The number of carbonyl (C=O) groups excluding carboxylic acids is 10. The maximum atomic E-state index is 15.4. The monoisotopic (exact) mass is 1270 g/mol. The van der Waals surface area contributed by atoms with Gasteiger partial charge in [-0.05, 0) is 97.4 Å². The summed E-state index contributed by atoms with van der Waals surface area (Å²) in [4.78, 5) is 157. The van der Waals surface area contributed by atoms with Gasteiger partial charge >= 0.3 is 0 Å². The maximum Gasteiger partial charge on any atom is 0.249 e. The molecule has 3 aromatic rings. The molecule has 3 saturated heterocycles. The number of fused-ring (bicyclic) bond motifs is 1. The Bertz CT molecular complexity index is 3030. The van der Waals surface area contributed by atoms with Gasteiger partial charge in [-0.2, -0.15) is 0 Å². The Morgan fingerprint density at radius 3 is 1.74 bits per heavy atom. The molecule has 484 valence electrons. The first kappa shape index (κ1) is 70.7. The molecule has 3 fully saturated rings. The smallest absolute Gasteiger partial charge is 0.249 e.